The molecule has 0 heterocycles. The Morgan fingerprint density at radius 3 is 2.71 bits per heavy atom. The number of hydrogen-bond donors (Lipinski definition) is 1. The Labute approximate surface area is 138 Å². The van der Waals surface area contributed by atoms with Gasteiger partial charge in [0, 0.05) is 6.04 Å². The normalized spacial score (nSPS) is 16.3. The van der Waals surface area contributed by atoms with Gasteiger partial charge in [0.05, 0.1) is 12.2 Å². The summed E-state index contributed by atoms with van der Waals surface area (Å²) in [6.45, 7) is 0.0252. The summed E-state index contributed by atoms with van der Waals surface area (Å²) >= 11 is 0. The van der Waals surface area contributed by atoms with Gasteiger partial charge < -0.3 is 5.32 Å². The highest BCUT2D eigenvalue weighted by atomic mass is 19.2. The number of nitrogens with zero attached hydrogens (tertiary/aromatic N) is 1. The predicted octanol–water partition coefficient (Wildman–Crippen LogP) is 3.66. The number of nitrogens with one attached hydrogen (secondary N) is 1. The van der Waals surface area contributed by atoms with Crippen molar-refractivity contribution in [3.8, 4) is 0 Å². The smallest absolute Gasteiger partial charge is 0.238 e. The molecule has 1 aliphatic carbocycles. The van der Waals surface area contributed by atoms with E-state index < -0.39 is 23.4 Å². The first-order valence-electron chi connectivity index (χ1n) is 7.68. The van der Waals surface area contributed by atoms with Crippen LogP contribution in [-0.2, 0) is 11.2 Å². The fourth-order valence-electron chi connectivity index (χ4n) is 3.14. The number of aryl methyl sites for hydroxylation is 1. The van der Waals surface area contributed by atoms with Crippen LogP contribution in [0, 0.1) is 17.5 Å². The Kier molecular flexibility index (Phi) is 4.57. The molecule has 2 aromatic carbocycles. The highest BCUT2D eigenvalue weighted by Crippen LogP contribution is 2.34. The van der Waals surface area contributed by atoms with E-state index in [1.54, 1.807) is 0 Å². The van der Waals surface area contributed by atoms with E-state index >= 15 is 0 Å². The van der Waals surface area contributed by atoms with Crippen molar-refractivity contribution in [2.75, 3.05) is 18.9 Å². The quantitative estimate of drug-likeness (QED) is 0.866. The molecule has 0 saturated carbocycles. The Balaban J connectivity index is 1.67. The molecule has 1 unspecified atom stereocenters. The first kappa shape index (κ1) is 16.5. The van der Waals surface area contributed by atoms with Crippen LogP contribution in [0.15, 0.2) is 36.4 Å². The summed E-state index contributed by atoms with van der Waals surface area (Å²) in [6.07, 6.45) is 1.85. The van der Waals surface area contributed by atoms with Crippen LogP contribution in [-0.4, -0.2) is 24.4 Å². The maximum Gasteiger partial charge on any atom is 0.238 e. The van der Waals surface area contributed by atoms with Crippen molar-refractivity contribution in [3.63, 3.8) is 0 Å². The third-order valence-electron chi connectivity index (χ3n) is 4.34. The molecule has 1 amide bonds. The molecule has 0 aromatic heterocycles. The summed E-state index contributed by atoms with van der Waals surface area (Å²) in [5, 5.41) is 2.29. The summed E-state index contributed by atoms with van der Waals surface area (Å²) in [7, 11) is 1.81. The Morgan fingerprint density at radius 2 is 1.92 bits per heavy atom. The largest absolute Gasteiger partial charge is 0.322 e. The van der Waals surface area contributed by atoms with E-state index in [2.05, 4.69) is 11.4 Å². The number of hydrogen-bond acceptors (Lipinski definition) is 2. The molecule has 2 aromatic rings. The molecule has 0 bridgehead atoms. The van der Waals surface area contributed by atoms with Crippen LogP contribution >= 0.6 is 0 Å². The number of halogens is 3. The van der Waals surface area contributed by atoms with Gasteiger partial charge in [-0.25, -0.2) is 13.2 Å². The summed E-state index contributed by atoms with van der Waals surface area (Å²) < 4.78 is 39.7. The molecule has 24 heavy (non-hydrogen) atoms. The molecule has 0 aliphatic heterocycles. The molecule has 3 rings (SSSR count). The molecule has 0 fully saturated rings. The lowest BCUT2D eigenvalue weighted by Crippen LogP contribution is -2.32. The lowest BCUT2D eigenvalue weighted by Gasteiger charge is -2.24. The number of anilines is 1. The minimum absolute atomic E-state index is 0.0252. The second kappa shape index (κ2) is 6.65. The zero-order valence-corrected chi connectivity index (χ0v) is 13.2. The van der Waals surface area contributed by atoms with Gasteiger partial charge in [0.2, 0.25) is 5.91 Å². The monoisotopic (exact) mass is 334 g/mol. The van der Waals surface area contributed by atoms with Crippen molar-refractivity contribution >= 4 is 11.6 Å². The van der Waals surface area contributed by atoms with Crippen molar-refractivity contribution in [3.05, 3.63) is 65.0 Å². The van der Waals surface area contributed by atoms with Gasteiger partial charge in [-0.1, -0.05) is 24.3 Å². The molecule has 126 valence electrons. The number of rotatable bonds is 4. The van der Waals surface area contributed by atoms with Crippen LogP contribution in [0.1, 0.15) is 23.6 Å². The van der Waals surface area contributed by atoms with Gasteiger partial charge in [-0.15, -0.1) is 0 Å². The van der Waals surface area contributed by atoms with Crippen molar-refractivity contribution < 1.29 is 18.0 Å². The zero-order chi connectivity index (χ0) is 17.3. The van der Waals surface area contributed by atoms with Gasteiger partial charge in [-0.05, 0) is 43.1 Å². The van der Waals surface area contributed by atoms with Gasteiger partial charge in [0.25, 0.3) is 0 Å². The summed E-state index contributed by atoms with van der Waals surface area (Å²) in [6, 6.07) is 9.96. The van der Waals surface area contributed by atoms with Crippen molar-refractivity contribution in [2.24, 2.45) is 0 Å². The standard InChI is InChI=1S/C18H17F3N2O/c1-23(15-9-6-11-4-2-3-5-12(11)15)10-16(24)22-14-8-7-13(19)17(20)18(14)21/h2-5,7-8,15H,6,9-10H2,1H3,(H,22,24). The molecule has 3 nitrogen and oxygen atoms in total. The fraction of sp³-hybridized carbons (Fsp3) is 0.278. The average Bonchev–Trinajstić information content (AvgIpc) is 2.99. The van der Waals surface area contributed by atoms with Crippen LogP contribution in [0.25, 0.3) is 0 Å². The summed E-state index contributed by atoms with van der Waals surface area (Å²) in [5.74, 6) is -4.75. The maximum absolute atomic E-state index is 13.6. The highest BCUT2D eigenvalue weighted by molar-refractivity contribution is 5.92. The highest BCUT2D eigenvalue weighted by Gasteiger charge is 2.26. The van der Waals surface area contributed by atoms with Crippen LogP contribution in [0.5, 0.6) is 0 Å². The number of amides is 1. The van der Waals surface area contributed by atoms with Gasteiger partial charge in [0.15, 0.2) is 17.5 Å². The minimum Gasteiger partial charge on any atom is -0.322 e. The Morgan fingerprint density at radius 1 is 1.17 bits per heavy atom. The zero-order valence-electron chi connectivity index (χ0n) is 13.2. The number of fused-ring (bicyclic) bond motifs is 1. The molecule has 1 N–H and O–H groups in total. The Bertz CT molecular complexity index is 779. The topological polar surface area (TPSA) is 32.3 Å². The molecule has 0 spiro atoms. The van der Waals surface area contributed by atoms with Crippen LogP contribution in [0.3, 0.4) is 0 Å². The lowest BCUT2D eigenvalue weighted by molar-refractivity contribution is -0.117. The first-order chi connectivity index (χ1) is 11.5. The molecule has 1 aliphatic rings. The van der Waals surface area contributed by atoms with E-state index in [0.29, 0.717) is 0 Å². The van der Waals surface area contributed by atoms with Gasteiger partial charge in [-0.2, -0.15) is 0 Å². The third-order valence-corrected chi connectivity index (χ3v) is 4.34. The number of likely N-dealkylation sites (N-methyl/N-ethyl adjacent to an activating group) is 1. The average molecular weight is 334 g/mol. The van der Waals surface area contributed by atoms with E-state index in [1.165, 1.54) is 11.1 Å². The van der Waals surface area contributed by atoms with E-state index in [0.717, 1.165) is 25.0 Å². The van der Waals surface area contributed by atoms with E-state index in [-0.39, 0.29) is 18.3 Å². The van der Waals surface area contributed by atoms with Gasteiger partial charge in [-0.3, -0.25) is 9.69 Å². The molecule has 1 atom stereocenters. The van der Waals surface area contributed by atoms with Crippen molar-refractivity contribution in [1.29, 1.82) is 0 Å². The fourth-order valence-corrected chi connectivity index (χ4v) is 3.14. The summed E-state index contributed by atoms with van der Waals surface area (Å²) in [5.41, 5.74) is 2.09. The van der Waals surface area contributed by atoms with Crippen LogP contribution in [0.4, 0.5) is 18.9 Å². The van der Waals surface area contributed by atoms with E-state index in [9.17, 15) is 18.0 Å². The predicted molar refractivity (Wildman–Crippen MR) is 85.1 cm³/mol. The van der Waals surface area contributed by atoms with Crippen molar-refractivity contribution in [2.45, 2.75) is 18.9 Å². The molecule has 0 saturated heterocycles. The molecular formula is C18H17F3N2O. The second-order valence-corrected chi connectivity index (χ2v) is 5.94. The number of carbonyl (C=O) groups excluding carboxylic acids is 1. The first-order valence-corrected chi connectivity index (χ1v) is 7.68. The van der Waals surface area contributed by atoms with Crippen molar-refractivity contribution in [1.82, 2.24) is 4.90 Å². The minimum atomic E-state index is -1.59. The molecule has 6 heteroatoms. The molecule has 0 radical (unpaired) electrons. The number of carbonyl (C=O) groups is 1. The number of benzene rings is 2. The van der Waals surface area contributed by atoms with Gasteiger partial charge >= 0.3 is 0 Å². The second-order valence-electron chi connectivity index (χ2n) is 5.94. The van der Waals surface area contributed by atoms with E-state index in [4.69, 9.17) is 0 Å². The SMILES string of the molecule is CN(CC(=O)Nc1ccc(F)c(F)c1F)C1CCc2ccccc21. The maximum atomic E-state index is 13.6. The Hall–Kier alpha value is -2.34. The van der Waals surface area contributed by atoms with Crippen LogP contribution < -0.4 is 5.32 Å². The summed E-state index contributed by atoms with van der Waals surface area (Å²) in [4.78, 5) is 14.0. The third kappa shape index (κ3) is 3.14. The van der Waals surface area contributed by atoms with Crippen LogP contribution in [0.2, 0.25) is 0 Å². The van der Waals surface area contributed by atoms with E-state index in [1.807, 2.05) is 30.1 Å². The molecular weight excluding hydrogens is 317 g/mol. The lowest BCUT2D eigenvalue weighted by atomic mass is 10.1. The van der Waals surface area contributed by atoms with Gasteiger partial charge in [0.1, 0.15) is 0 Å².